The minimum absolute atomic E-state index is 0.504. The molecule has 0 saturated heterocycles. The second-order valence-corrected chi connectivity index (χ2v) is 4.99. The molecule has 100 valence electrons. The van der Waals surface area contributed by atoms with Gasteiger partial charge in [0, 0.05) is 18.2 Å². The highest BCUT2D eigenvalue weighted by Crippen LogP contribution is 2.28. The van der Waals surface area contributed by atoms with E-state index in [0.29, 0.717) is 12.5 Å². The Morgan fingerprint density at radius 2 is 2.00 bits per heavy atom. The Morgan fingerprint density at radius 3 is 2.67 bits per heavy atom. The maximum absolute atomic E-state index is 5.95. The van der Waals surface area contributed by atoms with Crippen LogP contribution in [0.3, 0.4) is 0 Å². The number of hydrogen-bond donors (Lipinski definition) is 1. The molecule has 1 aliphatic rings. The van der Waals surface area contributed by atoms with Crippen molar-refractivity contribution in [2.24, 2.45) is 11.7 Å². The summed E-state index contributed by atoms with van der Waals surface area (Å²) >= 11 is 0. The summed E-state index contributed by atoms with van der Waals surface area (Å²) in [4.78, 5) is 0. The van der Waals surface area contributed by atoms with Crippen molar-refractivity contribution in [2.45, 2.75) is 38.6 Å². The Hall–Kier alpha value is -1.22. The molecule has 1 aliphatic carbocycles. The molecular weight excluding hydrogens is 226 g/mol. The first kappa shape index (κ1) is 13.2. The van der Waals surface area contributed by atoms with E-state index in [1.54, 1.807) is 7.11 Å². The molecule has 0 atom stereocenters. The molecule has 0 bridgehead atoms. The lowest BCUT2D eigenvalue weighted by molar-refractivity contribution is 0.207. The van der Waals surface area contributed by atoms with Crippen molar-refractivity contribution < 1.29 is 9.47 Å². The predicted octanol–water partition coefficient (Wildman–Crippen LogP) is 3.11. The summed E-state index contributed by atoms with van der Waals surface area (Å²) in [5.41, 5.74) is 6.78. The summed E-state index contributed by atoms with van der Waals surface area (Å²) in [6.45, 7) is 1.31. The highest BCUT2D eigenvalue weighted by Gasteiger charge is 2.15. The Morgan fingerprint density at radius 1 is 1.22 bits per heavy atom. The number of ether oxygens (including phenoxy) is 2. The van der Waals surface area contributed by atoms with Gasteiger partial charge in [-0.3, -0.25) is 0 Å². The van der Waals surface area contributed by atoms with Gasteiger partial charge in [0.05, 0.1) is 13.7 Å². The zero-order chi connectivity index (χ0) is 12.8. The number of rotatable bonds is 5. The summed E-state index contributed by atoms with van der Waals surface area (Å²) in [5, 5.41) is 0. The van der Waals surface area contributed by atoms with Gasteiger partial charge in [-0.15, -0.1) is 0 Å². The number of hydrogen-bond acceptors (Lipinski definition) is 3. The maximum Gasteiger partial charge on any atom is 0.127 e. The van der Waals surface area contributed by atoms with Crippen LogP contribution < -0.4 is 15.2 Å². The molecule has 2 N–H and O–H groups in total. The van der Waals surface area contributed by atoms with Crippen LogP contribution in [0.1, 0.15) is 37.7 Å². The van der Waals surface area contributed by atoms with Crippen molar-refractivity contribution in [1.29, 1.82) is 0 Å². The summed E-state index contributed by atoms with van der Waals surface area (Å²) in [6, 6.07) is 5.84. The lowest BCUT2D eigenvalue weighted by Crippen LogP contribution is -2.16. The molecule has 2 rings (SSSR count). The van der Waals surface area contributed by atoms with Crippen LogP contribution in [0.15, 0.2) is 18.2 Å². The summed E-state index contributed by atoms with van der Waals surface area (Å²) in [7, 11) is 1.67. The van der Waals surface area contributed by atoms with Crippen LogP contribution in [-0.4, -0.2) is 13.7 Å². The van der Waals surface area contributed by atoms with E-state index in [4.69, 9.17) is 15.2 Å². The van der Waals surface area contributed by atoms with Gasteiger partial charge in [0.25, 0.3) is 0 Å². The van der Waals surface area contributed by atoms with Crippen LogP contribution in [-0.2, 0) is 6.54 Å². The monoisotopic (exact) mass is 249 g/mol. The topological polar surface area (TPSA) is 44.5 Å². The molecule has 0 unspecified atom stereocenters. The van der Waals surface area contributed by atoms with Crippen LogP contribution >= 0.6 is 0 Å². The lowest BCUT2D eigenvalue weighted by Gasteiger charge is -2.22. The largest absolute Gasteiger partial charge is 0.497 e. The van der Waals surface area contributed by atoms with Crippen LogP contribution in [0.4, 0.5) is 0 Å². The zero-order valence-corrected chi connectivity index (χ0v) is 11.2. The van der Waals surface area contributed by atoms with Gasteiger partial charge in [0.2, 0.25) is 0 Å². The minimum atomic E-state index is 0.504. The van der Waals surface area contributed by atoms with Gasteiger partial charge < -0.3 is 15.2 Å². The maximum atomic E-state index is 5.95. The third-order valence-electron chi connectivity index (χ3n) is 3.69. The van der Waals surface area contributed by atoms with Crippen molar-refractivity contribution in [3.8, 4) is 11.5 Å². The molecular formula is C15H23NO2. The molecule has 0 aromatic heterocycles. The van der Waals surface area contributed by atoms with Crippen LogP contribution in [0.2, 0.25) is 0 Å². The number of benzene rings is 1. The normalized spacial score (nSPS) is 16.6. The molecule has 0 radical (unpaired) electrons. The van der Waals surface area contributed by atoms with Gasteiger partial charge >= 0.3 is 0 Å². The molecule has 1 fully saturated rings. The van der Waals surface area contributed by atoms with Gasteiger partial charge in [-0.05, 0) is 24.8 Å². The second kappa shape index (κ2) is 6.64. The van der Waals surface area contributed by atoms with Gasteiger partial charge in [0.15, 0.2) is 0 Å². The molecule has 1 saturated carbocycles. The van der Waals surface area contributed by atoms with Gasteiger partial charge in [0.1, 0.15) is 11.5 Å². The quantitative estimate of drug-likeness (QED) is 0.872. The first-order valence-corrected chi connectivity index (χ1v) is 6.83. The predicted molar refractivity (Wildman–Crippen MR) is 73.0 cm³/mol. The summed E-state index contributed by atoms with van der Waals surface area (Å²) < 4.78 is 11.2. The summed E-state index contributed by atoms with van der Waals surface area (Å²) in [6.07, 6.45) is 6.65. The van der Waals surface area contributed by atoms with Crippen molar-refractivity contribution >= 4 is 0 Å². The Kier molecular flexibility index (Phi) is 4.88. The molecule has 0 aliphatic heterocycles. The van der Waals surface area contributed by atoms with Crippen molar-refractivity contribution in [3.63, 3.8) is 0 Å². The molecule has 1 aromatic carbocycles. The molecule has 3 heteroatoms. The van der Waals surface area contributed by atoms with Crippen LogP contribution in [0, 0.1) is 5.92 Å². The highest BCUT2D eigenvalue weighted by molar-refractivity contribution is 5.40. The van der Waals surface area contributed by atoms with E-state index >= 15 is 0 Å². The molecule has 0 heterocycles. The molecule has 0 spiro atoms. The van der Waals surface area contributed by atoms with E-state index in [-0.39, 0.29) is 0 Å². The summed E-state index contributed by atoms with van der Waals surface area (Å²) in [5.74, 6) is 2.41. The van der Waals surface area contributed by atoms with E-state index in [1.165, 1.54) is 32.1 Å². The fourth-order valence-electron chi connectivity index (χ4n) is 2.53. The molecule has 18 heavy (non-hydrogen) atoms. The van der Waals surface area contributed by atoms with Crippen molar-refractivity contribution in [3.05, 3.63) is 23.8 Å². The fraction of sp³-hybridized carbons (Fsp3) is 0.600. The minimum Gasteiger partial charge on any atom is -0.497 e. The standard InChI is InChI=1S/C15H23NO2/c1-17-14-8-7-13(10-16)15(9-14)18-11-12-5-3-2-4-6-12/h7-9,12H,2-6,10-11,16H2,1H3. The van der Waals surface area contributed by atoms with Crippen LogP contribution in [0.5, 0.6) is 11.5 Å². The lowest BCUT2D eigenvalue weighted by atomic mass is 9.90. The van der Waals surface area contributed by atoms with E-state index in [9.17, 15) is 0 Å². The number of methoxy groups -OCH3 is 1. The van der Waals surface area contributed by atoms with Crippen LogP contribution in [0.25, 0.3) is 0 Å². The van der Waals surface area contributed by atoms with E-state index in [1.807, 2.05) is 18.2 Å². The fourth-order valence-corrected chi connectivity index (χ4v) is 2.53. The van der Waals surface area contributed by atoms with Gasteiger partial charge in [-0.2, -0.15) is 0 Å². The second-order valence-electron chi connectivity index (χ2n) is 4.99. The third-order valence-corrected chi connectivity index (χ3v) is 3.69. The average Bonchev–Trinajstić information content (AvgIpc) is 2.45. The average molecular weight is 249 g/mol. The molecule has 0 amide bonds. The Labute approximate surface area is 109 Å². The Bertz CT molecular complexity index is 373. The first-order valence-electron chi connectivity index (χ1n) is 6.83. The van der Waals surface area contributed by atoms with E-state index in [0.717, 1.165) is 23.7 Å². The Balaban J connectivity index is 1.97. The van der Waals surface area contributed by atoms with Crippen molar-refractivity contribution in [1.82, 2.24) is 0 Å². The van der Waals surface area contributed by atoms with Gasteiger partial charge in [-0.1, -0.05) is 25.3 Å². The number of nitrogens with two attached hydrogens (primary N) is 1. The molecule has 1 aromatic rings. The first-order chi connectivity index (χ1) is 8.83. The SMILES string of the molecule is COc1ccc(CN)c(OCC2CCCCC2)c1. The van der Waals surface area contributed by atoms with Gasteiger partial charge in [-0.25, -0.2) is 0 Å². The third kappa shape index (κ3) is 3.39. The molecule has 3 nitrogen and oxygen atoms in total. The van der Waals surface area contributed by atoms with Crippen molar-refractivity contribution in [2.75, 3.05) is 13.7 Å². The highest BCUT2D eigenvalue weighted by atomic mass is 16.5. The van der Waals surface area contributed by atoms with E-state index < -0.39 is 0 Å². The smallest absolute Gasteiger partial charge is 0.127 e. The zero-order valence-electron chi connectivity index (χ0n) is 11.2. The van der Waals surface area contributed by atoms with E-state index in [2.05, 4.69) is 0 Å².